The maximum Gasteiger partial charge on any atom is 0.191 e. The largest absolute Gasteiger partial charge is 0.357 e. The Morgan fingerprint density at radius 2 is 1.92 bits per heavy atom. The summed E-state index contributed by atoms with van der Waals surface area (Å²) < 4.78 is 22.5. The van der Waals surface area contributed by atoms with Crippen molar-refractivity contribution in [1.29, 1.82) is 0 Å². The lowest BCUT2D eigenvalue weighted by Crippen LogP contribution is -2.43. The van der Waals surface area contributed by atoms with E-state index in [0.29, 0.717) is 6.42 Å². The van der Waals surface area contributed by atoms with Crippen LogP contribution in [0.1, 0.15) is 52.9 Å². The standard InChI is InChI=1S/C18H38N4O2S.HI/c1-5-19-18(21-17(3)10-15-25(4,23)24)20-11-6-7-12-22-13-8-16(2)9-14-22;/h16-17H,5-15H2,1-4H3,(H2,19,20,21);1H. The molecule has 0 spiro atoms. The molecule has 0 aromatic carbocycles. The molecule has 1 heterocycles. The van der Waals surface area contributed by atoms with Crippen LogP contribution in [-0.4, -0.2) is 70.1 Å². The van der Waals surface area contributed by atoms with E-state index >= 15 is 0 Å². The average Bonchev–Trinajstić information content (AvgIpc) is 2.54. The van der Waals surface area contributed by atoms with E-state index in [0.717, 1.165) is 31.4 Å². The van der Waals surface area contributed by atoms with Gasteiger partial charge in [-0.1, -0.05) is 6.92 Å². The van der Waals surface area contributed by atoms with Crippen molar-refractivity contribution < 1.29 is 8.42 Å². The van der Waals surface area contributed by atoms with Gasteiger partial charge in [0.05, 0.1) is 5.75 Å². The normalized spacial score (nSPS) is 18.2. The molecule has 0 bridgehead atoms. The number of nitrogens with zero attached hydrogens (tertiary/aromatic N) is 2. The highest BCUT2D eigenvalue weighted by molar-refractivity contribution is 14.0. The molecule has 1 aliphatic rings. The molecule has 1 rings (SSSR count). The van der Waals surface area contributed by atoms with E-state index < -0.39 is 9.84 Å². The monoisotopic (exact) mass is 502 g/mol. The molecule has 0 radical (unpaired) electrons. The Bertz CT molecular complexity index is 491. The van der Waals surface area contributed by atoms with Gasteiger partial charge < -0.3 is 15.5 Å². The third kappa shape index (κ3) is 13.1. The predicted octanol–water partition coefficient (Wildman–Crippen LogP) is 2.49. The lowest BCUT2D eigenvalue weighted by Gasteiger charge is -2.30. The van der Waals surface area contributed by atoms with Crippen LogP contribution in [0.3, 0.4) is 0 Å². The molecule has 1 fully saturated rings. The van der Waals surface area contributed by atoms with Crippen LogP contribution in [0.2, 0.25) is 0 Å². The molecule has 1 atom stereocenters. The second-order valence-electron chi connectivity index (χ2n) is 7.46. The Balaban J connectivity index is 0.00000625. The number of unbranched alkanes of at least 4 members (excludes halogenated alkanes) is 1. The SMILES string of the molecule is CCNC(=NCCCCN1CCC(C)CC1)NC(C)CCS(C)(=O)=O.I. The van der Waals surface area contributed by atoms with Gasteiger partial charge in [-0.2, -0.15) is 0 Å². The number of hydrogen-bond acceptors (Lipinski definition) is 4. The lowest BCUT2D eigenvalue weighted by molar-refractivity contribution is 0.190. The molecule has 1 saturated heterocycles. The Hall–Kier alpha value is -0.0900. The van der Waals surface area contributed by atoms with Crippen LogP contribution < -0.4 is 10.6 Å². The number of hydrogen-bond donors (Lipinski definition) is 2. The first-order chi connectivity index (χ1) is 11.8. The third-order valence-electron chi connectivity index (χ3n) is 4.68. The molecule has 0 aromatic rings. The van der Waals surface area contributed by atoms with Crippen molar-refractivity contribution in [3.63, 3.8) is 0 Å². The van der Waals surface area contributed by atoms with Crippen molar-refractivity contribution in [1.82, 2.24) is 15.5 Å². The molecule has 2 N–H and O–H groups in total. The van der Waals surface area contributed by atoms with Gasteiger partial charge in [0.15, 0.2) is 5.96 Å². The van der Waals surface area contributed by atoms with Gasteiger partial charge in [-0.05, 0) is 71.5 Å². The van der Waals surface area contributed by atoms with E-state index in [1.165, 1.54) is 45.2 Å². The van der Waals surface area contributed by atoms with E-state index in [1.54, 1.807) is 0 Å². The maximum atomic E-state index is 11.3. The Labute approximate surface area is 177 Å². The smallest absolute Gasteiger partial charge is 0.191 e. The molecule has 0 aromatic heterocycles. The van der Waals surface area contributed by atoms with Crippen molar-refractivity contribution in [3.05, 3.63) is 0 Å². The average molecular weight is 503 g/mol. The molecule has 26 heavy (non-hydrogen) atoms. The first kappa shape index (κ1) is 25.9. The number of rotatable bonds is 10. The fraction of sp³-hybridized carbons (Fsp3) is 0.944. The number of likely N-dealkylation sites (tertiary alicyclic amines) is 1. The van der Waals surface area contributed by atoms with Gasteiger partial charge in [-0.25, -0.2) is 8.42 Å². The van der Waals surface area contributed by atoms with E-state index in [9.17, 15) is 8.42 Å². The third-order valence-corrected chi connectivity index (χ3v) is 5.65. The van der Waals surface area contributed by atoms with Gasteiger partial charge >= 0.3 is 0 Å². The van der Waals surface area contributed by atoms with Gasteiger partial charge in [-0.3, -0.25) is 4.99 Å². The number of guanidine groups is 1. The van der Waals surface area contributed by atoms with Crippen LogP contribution in [-0.2, 0) is 9.84 Å². The van der Waals surface area contributed by atoms with Gasteiger partial charge in [0.2, 0.25) is 0 Å². The van der Waals surface area contributed by atoms with Gasteiger partial charge in [0.25, 0.3) is 0 Å². The van der Waals surface area contributed by atoms with Crippen LogP contribution in [0.5, 0.6) is 0 Å². The number of sulfone groups is 1. The van der Waals surface area contributed by atoms with Crippen molar-refractivity contribution in [2.24, 2.45) is 10.9 Å². The summed E-state index contributed by atoms with van der Waals surface area (Å²) in [7, 11) is -2.91. The highest BCUT2D eigenvalue weighted by Gasteiger charge is 2.14. The zero-order chi connectivity index (χ0) is 18.7. The number of piperidine rings is 1. The van der Waals surface area contributed by atoms with Crippen molar-refractivity contribution >= 4 is 39.8 Å². The van der Waals surface area contributed by atoms with Crippen LogP contribution in [0, 0.1) is 5.92 Å². The number of halogens is 1. The maximum absolute atomic E-state index is 11.3. The number of aliphatic imine (C=N–C) groups is 1. The predicted molar refractivity (Wildman–Crippen MR) is 122 cm³/mol. The molecule has 0 saturated carbocycles. The van der Waals surface area contributed by atoms with Gasteiger partial charge in [0.1, 0.15) is 9.84 Å². The summed E-state index contributed by atoms with van der Waals surface area (Å²) in [5.74, 6) is 1.88. The molecule has 156 valence electrons. The molecular formula is C18H39IN4O2S. The van der Waals surface area contributed by atoms with Gasteiger partial charge in [-0.15, -0.1) is 24.0 Å². The van der Waals surface area contributed by atoms with Crippen LogP contribution in [0.15, 0.2) is 4.99 Å². The van der Waals surface area contributed by atoms with Crippen molar-refractivity contribution in [3.8, 4) is 0 Å². The molecule has 1 aliphatic heterocycles. The summed E-state index contributed by atoms with van der Waals surface area (Å²) in [5.41, 5.74) is 0. The second kappa shape index (κ2) is 14.0. The summed E-state index contributed by atoms with van der Waals surface area (Å²) in [5, 5.41) is 6.53. The summed E-state index contributed by atoms with van der Waals surface area (Å²) in [6.07, 6.45) is 6.80. The molecule has 8 heteroatoms. The minimum absolute atomic E-state index is 0. The topological polar surface area (TPSA) is 73.8 Å². The first-order valence-corrected chi connectivity index (χ1v) is 11.8. The minimum atomic E-state index is -2.91. The molecular weight excluding hydrogens is 463 g/mol. The Kier molecular flexibility index (Phi) is 13.9. The Morgan fingerprint density at radius 3 is 2.50 bits per heavy atom. The quantitative estimate of drug-likeness (QED) is 0.208. The zero-order valence-corrected chi connectivity index (χ0v) is 20.1. The fourth-order valence-corrected chi connectivity index (χ4v) is 3.72. The van der Waals surface area contributed by atoms with E-state index in [4.69, 9.17) is 0 Å². The van der Waals surface area contributed by atoms with E-state index in [2.05, 4.69) is 27.4 Å². The fourth-order valence-electron chi connectivity index (χ4n) is 2.94. The van der Waals surface area contributed by atoms with E-state index in [1.807, 2.05) is 13.8 Å². The highest BCUT2D eigenvalue weighted by Crippen LogP contribution is 2.16. The van der Waals surface area contributed by atoms with Crippen LogP contribution >= 0.6 is 24.0 Å². The summed E-state index contributed by atoms with van der Waals surface area (Å²) >= 11 is 0. The minimum Gasteiger partial charge on any atom is -0.357 e. The number of nitrogens with one attached hydrogen (secondary N) is 2. The van der Waals surface area contributed by atoms with Gasteiger partial charge in [0, 0.05) is 25.4 Å². The molecule has 0 amide bonds. The van der Waals surface area contributed by atoms with Crippen molar-refractivity contribution in [2.45, 2.75) is 58.9 Å². The van der Waals surface area contributed by atoms with E-state index in [-0.39, 0.29) is 35.8 Å². The zero-order valence-electron chi connectivity index (χ0n) is 17.0. The van der Waals surface area contributed by atoms with Crippen LogP contribution in [0.4, 0.5) is 0 Å². The highest BCUT2D eigenvalue weighted by atomic mass is 127. The summed E-state index contributed by atoms with van der Waals surface area (Å²) in [4.78, 5) is 7.19. The Morgan fingerprint density at radius 1 is 1.27 bits per heavy atom. The summed E-state index contributed by atoms with van der Waals surface area (Å²) in [6, 6.07) is 0.0860. The lowest BCUT2D eigenvalue weighted by atomic mass is 9.99. The first-order valence-electron chi connectivity index (χ1n) is 9.75. The van der Waals surface area contributed by atoms with Crippen LogP contribution in [0.25, 0.3) is 0 Å². The summed E-state index contributed by atoms with van der Waals surface area (Å²) in [6.45, 7) is 11.6. The van der Waals surface area contributed by atoms with Crippen molar-refractivity contribution in [2.75, 3.05) is 44.7 Å². The molecule has 0 aliphatic carbocycles. The molecule has 1 unspecified atom stereocenters. The molecule has 6 nitrogen and oxygen atoms in total. The second-order valence-corrected chi connectivity index (χ2v) is 9.72.